The van der Waals surface area contributed by atoms with E-state index < -0.39 is 22.5 Å². The Balaban J connectivity index is 2.79. The summed E-state index contributed by atoms with van der Waals surface area (Å²) in [6.07, 6.45) is -4.47. The summed E-state index contributed by atoms with van der Waals surface area (Å²) in [5.41, 5.74) is -0.681. The Kier molecular flexibility index (Phi) is 5.49. The fraction of sp³-hybridized carbons (Fsp3) is 0.364. The predicted molar refractivity (Wildman–Crippen MR) is 69.7 cm³/mol. The lowest BCUT2D eigenvalue weighted by atomic mass is 10.2. The number of carbonyl (C=O) groups excluding carboxylic acids is 1. The molecule has 3 nitrogen and oxygen atoms in total. The monoisotopic (exact) mass is 359 g/mol. The molecule has 0 aliphatic carbocycles. The highest BCUT2D eigenvalue weighted by molar-refractivity contribution is 9.10. The van der Waals surface area contributed by atoms with Crippen molar-refractivity contribution < 1.29 is 22.7 Å². The molecule has 0 radical (unpaired) electrons. The molecule has 19 heavy (non-hydrogen) atoms. The molecule has 8 heteroatoms. The van der Waals surface area contributed by atoms with Gasteiger partial charge in [-0.1, -0.05) is 27.5 Å². The van der Waals surface area contributed by atoms with Crippen LogP contribution in [0.2, 0.25) is 5.02 Å². The summed E-state index contributed by atoms with van der Waals surface area (Å²) < 4.78 is 42.1. The minimum absolute atomic E-state index is 0.0403. The van der Waals surface area contributed by atoms with Crippen molar-refractivity contribution in [2.45, 2.75) is 11.0 Å². The number of methoxy groups -OCH3 is 1. The van der Waals surface area contributed by atoms with Crippen LogP contribution in [-0.2, 0) is 15.7 Å². The number of anilines is 1. The largest absolute Gasteiger partial charge is 0.468 e. The number of hydrogen-bond acceptors (Lipinski definition) is 3. The molecule has 1 rings (SSSR count). The van der Waals surface area contributed by atoms with E-state index in [0.29, 0.717) is 0 Å². The fourth-order valence-electron chi connectivity index (χ4n) is 1.27. The second-order valence-corrected chi connectivity index (χ2v) is 5.14. The molecule has 106 valence electrons. The minimum Gasteiger partial charge on any atom is -0.468 e. The molecule has 1 unspecified atom stereocenters. The zero-order valence-electron chi connectivity index (χ0n) is 9.72. The van der Waals surface area contributed by atoms with E-state index in [1.165, 1.54) is 13.2 Å². The average molecular weight is 361 g/mol. The first-order valence-corrected chi connectivity index (χ1v) is 6.37. The Morgan fingerprint density at radius 3 is 2.63 bits per heavy atom. The van der Waals surface area contributed by atoms with Crippen molar-refractivity contribution in [2.24, 2.45) is 0 Å². The van der Waals surface area contributed by atoms with Crippen molar-refractivity contribution in [3.8, 4) is 0 Å². The van der Waals surface area contributed by atoms with Crippen LogP contribution in [0.3, 0.4) is 0 Å². The first-order valence-electron chi connectivity index (χ1n) is 5.07. The van der Waals surface area contributed by atoms with Gasteiger partial charge in [0.1, 0.15) is 4.83 Å². The summed E-state index contributed by atoms with van der Waals surface area (Å²) in [7, 11) is 1.22. The Morgan fingerprint density at radius 1 is 1.47 bits per heavy atom. The molecule has 0 fully saturated rings. The Labute approximate surface area is 121 Å². The number of hydrogen-bond donors (Lipinski definition) is 1. The van der Waals surface area contributed by atoms with E-state index in [1.807, 2.05) is 0 Å². The number of alkyl halides is 4. The smallest absolute Gasteiger partial charge is 0.416 e. The molecule has 0 aromatic heterocycles. The molecule has 0 aliphatic rings. The number of halogens is 5. The van der Waals surface area contributed by atoms with Gasteiger partial charge in [-0.05, 0) is 18.2 Å². The second kappa shape index (κ2) is 6.47. The lowest BCUT2D eigenvalue weighted by Gasteiger charge is -2.13. The van der Waals surface area contributed by atoms with Gasteiger partial charge in [0, 0.05) is 17.3 Å². The minimum atomic E-state index is -4.47. The SMILES string of the molecule is COC(=O)C(Br)CNc1cc(Cl)cc(C(F)(F)F)c1. The number of nitrogens with one attached hydrogen (secondary N) is 1. The molecular formula is C11H10BrClF3NO2. The van der Waals surface area contributed by atoms with Crippen LogP contribution < -0.4 is 5.32 Å². The van der Waals surface area contributed by atoms with Crippen molar-refractivity contribution in [1.82, 2.24) is 0 Å². The first kappa shape index (κ1) is 16.1. The van der Waals surface area contributed by atoms with Crippen molar-refractivity contribution in [3.63, 3.8) is 0 Å². The highest BCUT2D eigenvalue weighted by atomic mass is 79.9. The van der Waals surface area contributed by atoms with Gasteiger partial charge in [0.25, 0.3) is 0 Å². The summed E-state index contributed by atoms with van der Waals surface area (Å²) in [6, 6.07) is 3.09. The zero-order chi connectivity index (χ0) is 14.6. The Morgan fingerprint density at radius 2 is 2.11 bits per heavy atom. The maximum Gasteiger partial charge on any atom is 0.416 e. The van der Waals surface area contributed by atoms with Gasteiger partial charge in [0.15, 0.2) is 0 Å². The van der Waals surface area contributed by atoms with Gasteiger partial charge in [-0.15, -0.1) is 0 Å². The molecule has 1 atom stereocenters. The third-order valence-corrected chi connectivity index (χ3v) is 3.08. The van der Waals surface area contributed by atoms with Crippen molar-refractivity contribution in [1.29, 1.82) is 0 Å². The molecular weight excluding hydrogens is 350 g/mol. The van der Waals surface area contributed by atoms with Gasteiger partial charge >= 0.3 is 12.1 Å². The van der Waals surface area contributed by atoms with Gasteiger partial charge < -0.3 is 10.1 Å². The van der Waals surface area contributed by atoms with E-state index >= 15 is 0 Å². The average Bonchev–Trinajstić information content (AvgIpc) is 2.33. The van der Waals surface area contributed by atoms with Gasteiger partial charge in [0.05, 0.1) is 12.7 Å². The fourth-order valence-corrected chi connectivity index (χ4v) is 1.86. The van der Waals surface area contributed by atoms with Crippen LogP contribution in [0.5, 0.6) is 0 Å². The molecule has 0 spiro atoms. The number of esters is 1. The van der Waals surface area contributed by atoms with Gasteiger partial charge in [-0.2, -0.15) is 13.2 Å². The summed E-state index contributed by atoms with van der Waals surface area (Å²) in [5.74, 6) is -0.523. The second-order valence-electron chi connectivity index (χ2n) is 3.60. The molecule has 1 aromatic carbocycles. The number of carbonyl (C=O) groups is 1. The third kappa shape index (κ3) is 4.91. The quantitative estimate of drug-likeness (QED) is 0.657. The van der Waals surface area contributed by atoms with Crippen LogP contribution in [0.1, 0.15) is 5.56 Å². The summed E-state index contributed by atoms with van der Waals surface area (Å²) in [5, 5.41) is 2.64. The maximum absolute atomic E-state index is 12.6. The van der Waals surface area contributed by atoms with Crippen LogP contribution in [0.15, 0.2) is 18.2 Å². The van der Waals surface area contributed by atoms with E-state index in [4.69, 9.17) is 11.6 Å². The number of benzene rings is 1. The van der Waals surface area contributed by atoms with Crippen molar-refractivity contribution in [3.05, 3.63) is 28.8 Å². The molecule has 1 N–H and O–H groups in total. The molecule has 0 saturated carbocycles. The van der Waals surface area contributed by atoms with E-state index in [0.717, 1.165) is 12.1 Å². The summed E-state index contributed by atoms with van der Waals surface area (Å²) in [4.78, 5) is 10.4. The lowest BCUT2D eigenvalue weighted by Crippen LogP contribution is -2.24. The normalized spacial score (nSPS) is 12.9. The van der Waals surface area contributed by atoms with E-state index in [1.54, 1.807) is 0 Å². The highest BCUT2D eigenvalue weighted by Gasteiger charge is 2.31. The van der Waals surface area contributed by atoms with E-state index in [9.17, 15) is 18.0 Å². The van der Waals surface area contributed by atoms with Gasteiger partial charge in [0.2, 0.25) is 0 Å². The lowest BCUT2D eigenvalue weighted by molar-refractivity contribution is -0.139. The van der Waals surface area contributed by atoms with Gasteiger partial charge in [-0.25, -0.2) is 0 Å². The maximum atomic E-state index is 12.6. The molecule has 0 saturated heterocycles. The van der Waals surface area contributed by atoms with E-state index in [-0.39, 0.29) is 17.3 Å². The van der Waals surface area contributed by atoms with Crippen LogP contribution >= 0.6 is 27.5 Å². The number of ether oxygens (including phenoxy) is 1. The predicted octanol–water partition coefficient (Wildman–Crippen LogP) is 3.71. The van der Waals surface area contributed by atoms with Crippen LogP contribution in [-0.4, -0.2) is 24.5 Å². The first-order chi connectivity index (χ1) is 8.74. The Hall–Kier alpha value is -0.950. The molecule has 1 aromatic rings. The summed E-state index contributed by atoms with van der Waals surface area (Å²) >= 11 is 8.66. The molecule has 0 aliphatic heterocycles. The molecule has 0 amide bonds. The van der Waals surface area contributed by atoms with Crippen LogP contribution in [0.4, 0.5) is 18.9 Å². The molecule has 0 heterocycles. The standard InChI is InChI=1S/C11H10BrClF3NO2/c1-19-10(18)9(12)5-17-8-3-6(11(14,15)16)2-7(13)4-8/h2-4,9,17H,5H2,1H3. The Bertz CT molecular complexity index is 468. The number of rotatable bonds is 4. The zero-order valence-corrected chi connectivity index (χ0v) is 12.1. The van der Waals surface area contributed by atoms with E-state index in [2.05, 4.69) is 26.0 Å². The van der Waals surface area contributed by atoms with Gasteiger partial charge in [-0.3, -0.25) is 4.79 Å². The van der Waals surface area contributed by atoms with Crippen molar-refractivity contribution in [2.75, 3.05) is 19.0 Å². The molecule has 0 bridgehead atoms. The summed E-state index contributed by atoms with van der Waals surface area (Å²) in [6.45, 7) is 0.0737. The van der Waals surface area contributed by atoms with Crippen LogP contribution in [0.25, 0.3) is 0 Å². The highest BCUT2D eigenvalue weighted by Crippen LogP contribution is 2.33. The van der Waals surface area contributed by atoms with Crippen LogP contribution in [0, 0.1) is 0 Å². The van der Waals surface area contributed by atoms with Crippen molar-refractivity contribution >= 4 is 39.2 Å². The topological polar surface area (TPSA) is 38.3 Å². The third-order valence-electron chi connectivity index (χ3n) is 2.17.